The first-order chi connectivity index (χ1) is 6.15. The molecule has 1 fully saturated rings. The average Bonchev–Trinajstić information content (AvgIpc) is 2.17. The van der Waals surface area contributed by atoms with Gasteiger partial charge >= 0.3 is 0 Å². The Morgan fingerprint density at radius 2 is 1.92 bits per heavy atom. The van der Waals surface area contributed by atoms with Crippen molar-refractivity contribution in [2.24, 2.45) is 5.73 Å². The lowest BCUT2D eigenvalue weighted by Crippen LogP contribution is -2.52. The minimum atomic E-state index is -0.354. The van der Waals surface area contributed by atoms with Gasteiger partial charge < -0.3 is 15.5 Å². The summed E-state index contributed by atoms with van der Waals surface area (Å²) in [6, 6.07) is -0.354. The van der Waals surface area contributed by atoms with Gasteiger partial charge in [0.1, 0.15) is 0 Å². The van der Waals surface area contributed by atoms with Crippen LogP contribution in [0.15, 0.2) is 0 Å². The Kier molecular flexibility index (Phi) is 3.69. The summed E-state index contributed by atoms with van der Waals surface area (Å²) in [7, 11) is 0. The summed E-state index contributed by atoms with van der Waals surface area (Å²) in [5.41, 5.74) is 5.53. The number of hydrogen-bond acceptors (Lipinski definition) is 3. The van der Waals surface area contributed by atoms with E-state index >= 15 is 0 Å². The summed E-state index contributed by atoms with van der Waals surface area (Å²) >= 11 is 0. The molecule has 1 aliphatic rings. The smallest absolute Gasteiger partial charge is 0.239 e. The summed E-state index contributed by atoms with van der Waals surface area (Å²) in [5.74, 6) is 0.0794. The number of likely N-dealkylation sites (N-methyl/N-ethyl adjacent to an activating group) is 1. The van der Waals surface area contributed by atoms with Crippen LogP contribution in [0, 0.1) is 0 Å². The lowest BCUT2D eigenvalue weighted by molar-refractivity contribution is -0.133. The molecule has 1 saturated heterocycles. The molecule has 4 nitrogen and oxygen atoms in total. The van der Waals surface area contributed by atoms with E-state index in [1.165, 1.54) is 0 Å². The molecule has 0 aromatic rings. The van der Waals surface area contributed by atoms with E-state index in [-0.39, 0.29) is 11.9 Å². The fourth-order valence-electron chi connectivity index (χ4n) is 1.57. The first kappa shape index (κ1) is 10.5. The van der Waals surface area contributed by atoms with E-state index in [9.17, 15) is 4.79 Å². The van der Waals surface area contributed by atoms with E-state index in [0.29, 0.717) is 0 Å². The molecule has 1 rings (SSSR count). The van der Waals surface area contributed by atoms with Crippen molar-refractivity contribution in [1.82, 2.24) is 9.80 Å². The summed E-state index contributed by atoms with van der Waals surface area (Å²) in [6.45, 7) is 8.57. The molecule has 2 N–H and O–H groups in total. The number of carbonyl (C=O) groups excluding carboxylic acids is 1. The van der Waals surface area contributed by atoms with Gasteiger partial charge in [-0.25, -0.2) is 0 Å². The Morgan fingerprint density at radius 3 is 2.31 bits per heavy atom. The normalized spacial score (nSPS) is 21.6. The maximum atomic E-state index is 11.5. The van der Waals surface area contributed by atoms with Gasteiger partial charge in [0.05, 0.1) is 6.04 Å². The van der Waals surface area contributed by atoms with Crippen LogP contribution in [-0.2, 0) is 4.79 Å². The molecule has 0 aromatic carbocycles. The first-order valence-electron chi connectivity index (χ1n) is 4.92. The van der Waals surface area contributed by atoms with Crippen molar-refractivity contribution >= 4 is 5.91 Å². The van der Waals surface area contributed by atoms with E-state index < -0.39 is 0 Å². The lowest BCUT2D eigenvalue weighted by atomic mass is 10.2. The zero-order valence-corrected chi connectivity index (χ0v) is 8.49. The Bertz CT molecular complexity index is 174. The Labute approximate surface area is 79.7 Å². The van der Waals surface area contributed by atoms with Crippen molar-refractivity contribution in [2.75, 3.05) is 32.7 Å². The molecule has 0 spiro atoms. The molecule has 13 heavy (non-hydrogen) atoms. The summed E-state index contributed by atoms with van der Waals surface area (Å²) < 4.78 is 0. The van der Waals surface area contributed by atoms with Crippen LogP contribution in [0.2, 0.25) is 0 Å². The largest absolute Gasteiger partial charge is 0.339 e. The van der Waals surface area contributed by atoms with Gasteiger partial charge in [-0.1, -0.05) is 6.92 Å². The molecular weight excluding hydrogens is 166 g/mol. The van der Waals surface area contributed by atoms with Crippen molar-refractivity contribution in [3.05, 3.63) is 0 Å². The van der Waals surface area contributed by atoms with E-state index in [0.717, 1.165) is 32.7 Å². The second kappa shape index (κ2) is 4.58. The standard InChI is InChI=1S/C9H19N3O/c1-3-11-4-6-12(7-5-11)9(13)8(2)10/h8H,3-7,10H2,1-2H3/t8-/m1/s1. The summed E-state index contributed by atoms with van der Waals surface area (Å²) in [5, 5.41) is 0. The molecule has 1 heterocycles. The van der Waals surface area contributed by atoms with Crippen molar-refractivity contribution in [2.45, 2.75) is 19.9 Å². The first-order valence-corrected chi connectivity index (χ1v) is 4.92. The molecule has 4 heteroatoms. The number of nitrogens with two attached hydrogens (primary N) is 1. The molecule has 0 saturated carbocycles. The number of nitrogens with zero attached hydrogens (tertiary/aromatic N) is 2. The highest BCUT2D eigenvalue weighted by atomic mass is 16.2. The highest BCUT2D eigenvalue weighted by molar-refractivity contribution is 5.81. The zero-order valence-electron chi connectivity index (χ0n) is 8.49. The molecule has 1 amide bonds. The number of hydrogen-bond donors (Lipinski definition) is 1. The van der Waals surface area contributed by atoms with Crippen molar-refractivity contribution < 1.29 is 4.79 Å². The van der Waals surface area contributed by atoms with Crippen LogP contribution >= 0.6 is 0 Å². The molecule has 0 unspecified atom stereocenters. The van der Waals surface area contributed by atoms with Crippen LogP contribution in [0.5, 0.6) is 0 Å². The topological polar surface area (TPSA) is 49.6 Å². The molecule has 0 aromatic heterocycles. The second-order valence-corrected chi connectivity index (χ2v) is 3.55. The van der Waals surface area contributed by atoms with E-state index in [1.807, 2.05) is 4.90 Å². The van der Waals surface area contributed by atoms with Gasteiger partial charge in [-0.3, -0.25) is 4.79 Å². The van der Waals surface area contributed by atoms with Gasteiger partial charge in [-0.15, -0.1) is 0 Å². The molecule has 1 atom stereocenters. The van der Waals surface area contributed by atoms with Gasteiger partial charge in [-0.05, 0) is 13.5 Å². The maximum absolute atomic E-state index is 11.5. The van der Waals surface area contributed by atoms with Crippen LogP contribution < -0.4 is 5.73 Å². The molecule has 0 aliphatic carbocycles. The van der Waals surface area contributed by atoms with Crippen molar-refractivity contribution in [1.29, 1.82) is 0 Å². The van der Waals surface area contributed by atoms with Crippen molar-refractivity contribution in [3.63, 3.8) is 0 Å². The van der Waals surface area contributed by atoms with Crippen LogP contribution in [0.1, 0.15) is 13.8 Å². The highest BCUT2D eigenvalue weighted by Gasteiger charge is 2.21. The zero-order chi connectivity index (χ0) is 9.84. The third kappa shape index (κ3) is 2.67. The average molecular weight is 185 g/mol. The third-order valence-electron chi connectivity index (χ3n) is 2.52. The number of carbonyl (C=O) groups is 1. The molecular formula is C9H19N3O. The fraction of sp³-hybridized carbons (Fsp3) is 0.889. The SMILES string of the molecule is CCN1CCN(C(=O)[C@@H](C)N)CC1. The third-order valence-corrected chi connectivity index (χ3v) is 2.52. The molecule has 0 bridgehead atoms. The Hall–Kier alpha value is -0.610. The Morgan fingerprint density at radius 1 is 1.38 bits per heavy atom. The van der Waals surface area contributed by atoms with Crippen LogP contribution in [0.3, 0.4) is 0 Å². The van der Waals surface area contributed by atoms with E-state index in [1.54, 1.807) is 6.92 Å². The molecule has 0 radical (unpaired) electrons. The minimum Gasteiger partial charge on any atom is -0.339 e. The monoisotopic (exact) mass is 185 g/mol. The highest BCUT2D eigenvalue weighted by Crippen LogP contribution is 2.02. The van der Waals surface area contributed by atoms with Crippen molar-refractivity contribution in [3.8, 4) is 0 Å². The maximum Gasteiger partial charge on any atom is 0.239 e. The fourth-order valence-corrected chi connectivity index (χ4v) is 1.57. The predicted octanol–water partition coefficient (Wildman–Crippen LogP) is -0.502. The number of rotatable bonds is 2. The van der Waals surface area contributed by atoms with Crippen LogP contribution in [0.4, 0.5) is 0 Å². The van der Waals surface area contributed by atoms with Gasteiger partial charge in [-0.2, -0.15) is 0 Å². The molecule has 76 valence electrons. The minimum absolute atomic E-state index is 0.0794. The number of piperazine rings is 1. The number of amides is 1. The lowest BCUT2D eigenvalue weighted by Gasteiger charge is -2.34. The Balaban J connectivity index is 2.36. The van der Waals surface area contributed by atoms with Crippen LogP contribution in [-0.4, -0.2) is 54.5 Å². The van der Waals surface area contributed by atoms with Gasteiger partial charge in [0.15, 0.2) is 0 Å². The van der Waals surface area contributed by atoms with Gasteiger partial charge in [0, 0.05) is 26.2 Å². The quantitative estimate of drug-likeness (QED) is 0.631. The van der Waals surface area contributed by atoms with E-state index in [2.05, 4.69) is 11.8 Å². The second-order valence-electron chi connectivity index (χ2n) is 3.55. The van der Waals surface area contributed by atoms with E-state index in [4.69, 9.17) is 5.73 Å². The summed E-state index contributed by atoms with van der Waals surface area (Å²) in [6.07, 6.45) is 0. The van der Waals surface area contributed by atoms with Crippen LogP contribution in [0.25, 0.3) is 0 Å². The molecule has 1 aliphatic heterocycles. The predicted molar refractivity (Wildman–Crippen MR) is 52.3 cm³/mol. The van der Waals surface area contributed by atoms with Gasteiger partial charge in [0.25, 0.3) is 0 Å². The van der Waals surface area contributed by atoms with Gasteiger partial charge in [0.2, 0.25) is 5.91 Å². The summed E-state index contributed by atoms with van der Waals surface area (Å²) in [4.78, 5) is 15.7.